The molecular formula is C13H16N6O. The van der Waals surface area contributed by atoms with Gasteiger partial charge in [0.1, 0.15) is 17.8 Å². The zero-order valence-corrected chi connectivity index (χ0v) is 11.0. The topological polar surface area (TPSA) is 89.2 Å². The Balaban J connectivity index is 1.85. The van der Waals surface area contributed by atoms with Crippen molar-refractivity contribution in [2.45, 2.75) is 0 Å². The number of nitrogen functional groups attached to an aromatic ring is 1. The number of hydrogen-bond acceptors (Lipinski definition) is 7. The molecule has 0 amide bonds. The molecule has 1 fully saturated rings. The summed E-state index contributed by atoms with van der Waals surface area (Å²) in [5.74, 6) is 2.01. The predicted octanol–water partition coefficient (Wildman–Crippen LogP) is 1.03. The molecule has 2 aromatic rings. The van der Waals surface area contributed by atoms with Crippen LogP contribution in [-0.4, -0.2) is 41.3 Å². The number of nitrogens with one attached hydrogen (secondary N) is 1. The van der Waals surface area contributed by atoms with Crippen molar-refractivity contribution in [3.8, 4) is 0 Å². The SMILES string of the molecule is Nc1c(Nc2ccccn2)ncnc1N1CCOCC1. The maximum Gasteiger partial charge on any atom is 0.160 e. The second-order valence-electron chi connectivity index (χ2n) is 4.40. The minimum atomic E-state index is 0.528. The molecule has 3 heterocycles. The molecule has 0 atom stereocenters. The van der Waals surface area contributed by atoms with Gasteiger partial charge in [-0.25, -0.2) is 15.0 Å². The number of anilines is 4. The van der Waals surface area contributed by atoms with Crippen LogP contribution in [0.5, 0.6) is 0 Å². The number of nitrogens with zero attached hydrogens (tertiary/aromatic N) is 4. The largest absolute Gasteiger partial charge is 0.393 e. The van der Waals surface area contributed by atoms with Crippen molar-refractivity contribution in [1.29, 1.82) is 0 Å². The average Bonchev–Trinajstić information content (AvgIpc) is 2.51. The van der Waals surface area contributed by atoms with E-state index in [-0.39, 0.29) is 0 Å². The smallest absolute Gasteiger partial charge is 0.160 e. The molecule has 1 saturated heterocycles. The minimum absolute atomic E-state index is 0.528. The van der Waals surface area contributed by atoms with Crippen molar-refractivity contribution in [1.82, 2.24) is 15.0 Å². The third-order valence-corrected chi connectivity index (χ3v) is 3.08. The van der Waals surface area contributed by atoms with E-state index >= 15 is 0 Å². The normalized spacial score (nSPS) is 15.1. The van der Waals surface area contributed by atoms with Crippen molar-refractivity contribution >= 4 is 23.1 Å². The minimum Gasteiger partial charge on any atom is -0.393 e. The van der Waals surface area contributed by atoms with Crippen LogP contribution in [0.3, 0.4) is 0 Å². The van der Waals surface area contributed by atoms with Gasteiger partial charge in [0, 0.05) is 19.3 Å². The Morgan fingerprint density at radius 3 is 2.75 bits per heavy atom. The predicted molar refractivity (Wildman–Crippen MR) is 77.0 cm³/mol. The summed E-state index contributed by atoms with van der Waals surface area (Å²) >= 11 is 0. The zero-order valence-electron chi connectivity index (χ0n) is 11.0. The van der Waals surface area contributed by atoms with E-state index in [1.807, 2.05) is 18.2 Å². The highest BCUT2D eigenvalue weighted by Gasteiger charge is 2.17. The van der Waals surface area contributed by atoms with Gasteiger partial charge < -0.3 is 20.7 Å². The van der Waals surface area contributed by atoms with Crippen molar-refractivity contribution in [3.05, 3.63) is 30.7 Å². The van der Waals surface area contributed by atoms with Gasteiger partial charge in [-0.3, -0.25) is 0 Å². The summed E-state index contributed by atoms with van der Waals surface area (Å²) in [6.07, 6.45) is 3.22. The molecule has 0 aliphatic carbocycles. The first-order valence-corrected chi connectivity index (χ1v) is 6.46. The maximum atomic E-state index is 6.16. The van der Waals surface area contributed by atoms with Crippen LogP contribution in [0.1, 0.15) is 0 Å². The van der Waals surface area contributed by atoms with Crippen LogP contribution in [-0.2, 0) is 4.74 Å². The fraction of sp³-hybridized carbons (Fsp3) is 0.308. The molecule has 0 saturated carbocycles. The molecule has 3 N–H and O–H groups in total. The van der Waals surface area contributed by atoms with Crippen LogP contribution >= 0.6 is 0 Å². The van der Waals surface area contributed by atoms with Gasteiger partial charge in [-0.2, -0.15) is 0 Å². The summed E-state index contributed by atoms with van der Waals surface area (Å²) in [5.41, 5.74) is 6.69. The lowest BCUT2D eigenvalue weighted by Crippen LogP contribution is -2.37. The summed E-state index contributed by atoms with van der Waals surface area (Å²) in [5, 5.41) is 3.11. The second kappa shape index (κ2) is 5.70. The number of pyridine rings is 1. The van der Waals surface area contributed by atoms with E-state index < -0.39 is 0 Å². The van der Waals surface area contributed by atoms with Gasteiger partial charge in [0.25, 0.3) is 0 Å². The molecule has 0 radical (unpaired) electrons. The van der Waals surface area contributed by atoms with Crippen molar-refractivity contribution in [3.63, 3.8) is 0 Å². The van der Waals surface area contributed by atoms with Gasteiger partial charge in [0.05, 0.1) is 13.2 Å². The fourth-order valence-electron chi connectivity index (χ4n) is 2.07. The number of rotatable bonds is 3. The zero-order chi connectivity index (χ0) is 13.8. The Hall–Kier alpha value is -2.41. The summed E-state index contributed by atoms with van der Waals surface area (Å²) < 4.78 is 5.34. The third kappa shape index (κ3) is 2.62. The standard InChI is InChI=1S/C13H16N6O/c14-11-12(18-10-3-1-2-4-15-10)16-9-17-13(11)19-5-7-20-8-6-19/h1-4,9H,5-8,14H2,(H,15,16,17,18). The van der Waals surface area contributed by atoms with Gasteiger partial charge in [-0.1, -0.05) is 6.07 Å². The molecule has 7 nitrogen and oxygen atoms in total. The van der Waals surface area contributed by atoms with E-state index in [4.69, 9.17) is 10.5 Å². The van der Waals surface area contributed by atoms with Crippen LogP contribution < -0.4 is 16.0 Å². The second-order valence-corrected chi connectivity index (χ2v) is 4.40. The molecule has 0 bridgehead atoms. The molecule has 0 spiro atoms. The van der Waals surface area contributed by atoms with Gasteiger partial charge >= 0.3 is 0 Å². The molecule has 0 aromatic carbocycles. The van der Waals surface area contributed by atoms with Gasteiger partial charge in [0.2, 0.25) is 0 Å². The Morgan fingerprint density at radius 2 is 2.00 bits per heavy atom. The average molecular weight is 272 g/mol. The van der Waals surface area contributed by atoms with Crippen LogP contribution in [0.25, 0.3) is 0 Å². The van der Waals surface area contributed by atoms with Crippen LogP contribution in [0.2, 0.25) is 0 Å². The molecule has 0 unspecified atom stereocenters. The van der Waals surface area contributed by atoms with E-state index in [9.17, 15) is 0 Å². The Bertz CT molecular complexity index is 570. The van der Waals surface area contributed by atoms with Crippen molar-refractivity contribution in [2.75, 3.05) is 42.3 Å². The highest BCUT2D eigenvalue weighted by Crippen LogP contribution is 2.28. The van der Waals surface area contributed by atoms with Crippen molar-refractivity contribution < 1.29 is 4.74 Å². The van der Waals surface area contributed by atoms with E-state index in [0.29, 0.717) is 30.5 Å². The molecule has 1 aliphatic heterocycles. The molecule has 3 rings (SSSR count). The summed E-state index contributed by atoms with van der Waals surface area (Å²) in [7, 11) is 0. The van der Waals surface area contributed by atoms with Gasteiger partial charge in [-0.15, -0.1) is 0 Å². The highest BCUT2D eigenvalue weighted by molar-refractivity contribution is 5.77. The monoisotopic (exact) mass is 272 g/mol. The Labute approximate surface area is 116 Å². The lowest BCUT2D eigenvalue weighted by atomic mass is 10.3. The van der Waals surface area contributed by atoms with Crippen LogP contribution in [0.4, 0.5) is 23.1 Å². The quantitative estimate of drug-likeness (QED) is 0.862. The first kappa shape index (κ1) is 12.6. The number of morpholine rings is 1. The van der Waals surface area contributed by atoms with Gasteiger partial charge in [-0.05, 0) is 12.1 Å². The first-order valence-electron chi connectivity index (χ1n) is 6.46. The number of ether oxygens (including phenoxy) is 1. The Kier molecular flexibility index (Phi) is 3.60. The molecule has 20 heavy (non-hydrogen) atoms. The van der Waals surface area contributed by atoms with Gasteiger partial charge in [0.15, 0.2) is 11.6 Å². The lowest BCUT2D eigenvalue weighted by Gasteiger charge is -2.28. The summed E-state index contributed by atoms with van der Waals surface area (Å²) in [4.78, 5) is 14.8. The molecule has 104 valence electrons. The summed E-state index contributed by atoms with van der Waals surface area (Å²) in [6, 6.07) is 5.61. The number of hydrogen-bond donors (Lipinski definition) is 2. The lowest BCUT2D eigenvalue weighted by molar-refractivity contribution is 0.122. The first-order chi connectivity index (χ1) is 9.84. The van der Waals surface area contributed by atoms with Crippen molar-refractivity contribution in [2.24, 2.45) is 0 Å². The molecule has 1 aliphatic rings. The molecular weight excluding hydrogens is 256 g/mol. The van der Waals surface area contributed by atoms with Crippen LogP contribution in [0, 0.1) is 0 Å². The van der Waals surface area contributed by atoms with E-state index in [1.54, 1.807) is 6.20 Å². The summed E-state index contributed by atoms with van der Waals surface area (Å²) in [6.45, 7) is 2.94. The fourth-order valence-corrected chi connectivity index (χ4v) is 2.07. The third-order valence-electron chi connectivity index (χ3n) is 3.08. The highest BCUT2D eigenvalue weighted by atomic mass is 16.5. The molecule has 2 aromatic heterocycles. The number of nitrogens with two attached hydrogens (primary N) is 1. The number of aromatic nitrogens is 3. The van der Waals surface area contributed by atoms with E-state index in [2.05, 4.69) is 25.2 Å². The molecule has 7 heteroatoms. The van der Waals surface area contributed by atoms with E-state index in [1.165, 1.54) is 6.33 Å². The van der Waals surface area contributed by atoms with E-state index in [0.717, 1.165) is 18.9 Å². The maximum absolute atomic E-state index is 6.16. The van der Waals surface area contributed by atoms with Crippen LogP contribution in [0.15, 0.2) is 30.7 Å². The Morgan fingerprint density at radius 1 is 1.15 bits per heavy atom.